The normalized spacial score (nSPS) is 19.4. The van der Waals surface area contributed by atoms with E-state index in [1.807, 2.05) is 0 Å². The predicted molar refractivity (Wildman–Crippen MR) is 60.3 cm³/mol. The summed E-state index contributed by atoms with van der Waals surface area (Å²) in [6, 6.07) is -0.0645. The lowest BCUT2D eigenvalue weighted by molar-refractivity contribution is -0.144. The van der Waals surface area contributed by atoms with Gasteiger partial charge >= 0.3 is 5.97 Å². The van der Waals surface area contributed by atoms with Crippen LogP contribution in [-0.2, 0) is 14.3 Å². The lowest BCUT2D eigenvalue weighted by Gasteiger charge is -2.26. The van der Waals surface area contributed by atoms with Gasteiger partial charge in [-0.3, -0.25) is 9.59 Å². The minimum atomic E-state index is -1.07. The lowest BCUT2D eigenvalue weighted by atomic mass is 10.2. The van der Waals surface area contributed by atoms with Crippen molar-refractivity contribution in [3.05, 3.63) is 0 Å². The van der Waals surface area contributed by atoms with E-state index >= 15 is 0 Å². The topological polar surface area (TPSA) is 78.9 Å². The molecule has 0 aromatic carbocycles. The highest BCUT2D eigenvalue weighted by Gasteiger charge is 2.21. The first-order valence-electron chi connectivity index (χ1n) is 5.37. The molecule has 0 aromatic rings. The molecule has 17 heavy (non-hydrogen) atoms. The predicted octanol–water partition coefficient (Wildman–Crippen LogP) is -1.09. The van der Waals surface area contributed by atoms with Crippen molar-refractivity contribution >= 4 is 11.9 Å². The van der Waals surface area contributed by atoms with Crippen LogP contribution in [0.3, 0.4) is 0 Å². The Hall–Kier alpha value is -1.58. The Labute approximate surface area is 99.9 Å². The third kappa shape index (κ3) is 4.85. The Balaban J connectivity index is 2.46. The molecule has 1 atom stereocenters. The molecule has 0 spiro atoms. The summed E-state index contributed by atoms with van der Waals surface area (Å²) in [6.07, 6.45) is 5.30. The highest BCUT2D eigenvalue weighted by Crippen LogP contribution is 2.02. The van der Waals surface area contributed by atoms with Gasteiger partial charge in [-0.05, 0) is 0 Å². The summed E-state index contributed by atoms with van der Waals surface area (Å²) in [7, 11) is 0. The zero-order chi connectivity index (χ0) is 12.7. The van der Waals surface area contributed by atoms with E-state index in [-0.39, 0.29) is 31.5 Å². The number of rotatable bonds is 5. The molecule has 1 rings (SSSR count). The number of ether oxygens (including phenoxy) is 1. The number of carbonyl (C=O) groups excluding carboxylic acids is 1. The molecular weight excluding hydrogens is 224 g/mol. The van der Waals surface area contributed by atoms with Crippen LogP contribution in [0.4, 0.5) is 0 Å². The van der Waals surface area contributed by atoms with Crippen LogP contribution in [-0.4, -0.2) is 60.8 Å². The minimum Gasteiger partial charge on any atom is -0.480 e. The van der Waals surface area contributed by atoms with Gasteiger partial charge in [0.25, 0.3) is 0 Å². The van der Waals surface area contributed by atoms with Gasteiger partial charge in [-0.25, -0.2) is 0 Å². The van der Waals surface area contributed by atoms with E-state index in [2.05, 4.69) is 11.2 Å². The molecule has 1 amide bonds. The molecule has 1 aliphatic rings. The van der Waals surface area contributed by atoms with Crippen molar-refractivity contribution in [2.45, 2.75) is 12.5 Å². The molecule has 0 radical (unpaired) electrons. The van der Waals surface area contributed by atoms with Gasteiger partial charge in [0.1, 0.15) is 6.54 Å². The first kappa shape index (κ1) is 13.5. The summed E-state index contributed by atoms with van der Waals surface area (Å²) in [5.41, 5.74) is 0. The van der Waals surface area contributed by atoms with Crippen molar-refractivity contribution < 1.29 is 19.4 Å². The Kier molecular flexibility index (Phi) is 5.46. The van der Waals surface area contributed by atoms with Crippen LogP contribution in [0, 0.1) is 12.3 Å². The third-order valence-corrected chi connectivity index (χ3v) is 2.38. The quantitative estimate of drug-likeness (QED) is 0.597. The number of morpholine rings is 1. The average molecular weight is 240 g/mol. The standard InChI is InChI=1S/C11H16N2O4/c1-2-4-13(7-11(15)16)10(14)6-9-8-17-5-3-12-9/h1,9,12H,3-8H2,(H,15,16). The van der Waals surface area contributed by atoms with Crippen LogP contribution in [0.25, 0.3) is 0 Å². The van der Waals surface area contributed by atoms with Crippen molar-refractivity contribution in [1.82, 2.24) is 10.2 Å². The van der Waals surface area contributed by atoms with E-state index < -0.39 is 5.97 Å². The van der Waals surface area contributed by atoms with Crippen LogP contribution in [0.15, 0.2) is 0 Å². The molecule has 1 unspecified atom stereocenters. The van der Waals surface area contributed by atoms with Crippen molar-refractivity contribution in [1.29, 1.82) is 0 Å². The molecule has 0 bridgehead atoms. The van der Waals surface area contributed by atoms with Gasteiger partial charge in [0.15, 0.2) is 0 Å². The number of carbonyl (C=O) groups is 2. The number of amides is 1. The Morgan fingerprint density at radius 3 is 2.88 bits per heavy atom. The summed E-state index contributed by atoms with van der Waals surface area (Å²) in [5.74, 6) is 0.943. The van der Waals surface area contributed by atoms with E-state index in [1.165, 1.54) is 0 Å². The maximum absolute atomic E-state index is 11.8. The summed E-state index contributed by atoms with van der Waals surface area (Å²) in [6.45, 7) is 1.44. The zero-order valence-corrected chi connectivity index (χ0v) is 9.52. The van der Waals surface area contributed by atoms with Crippen LogP contribution in [0.1, 0.15) is 6.42 Å². The van der Waals surface area contributed by atoms with Gasteiger partial charge in [0.2, 0.25) is 5.91 Å². The molecule has 0 saturated carbocycles. The summed E-state index contributed by atoms with van der Waals surface area (Å²) < 4.78 is 5.21. The number of nitrogens with one attached hydrogen (secondary N) is 1. The monoisotopic (exact) mass is 240 g/mol. The highest BCUT2D eigenvalue weighted by molar-refractivity contribution is 5.82. The van der Waals surface area contributed by atoms with Gasteiger partial charge in [-0.15, -0.1) is 6.42 Å². The fraction of sp³-hybridized carbons (Fsp3) is 0.636. The Morgan fingerprint density at radius 2 is 2.35 bits per heavy atom. The van der Waals surface area contributed by atoms with Gasteiger partial charge < -0.3 is 20.1 Å². The van der Waals surface area contributed by atoms with Crippen molar-refractivity contribution in [3.8, 4) is 12.3 Å². The van der Waals surface area contributed by atoms with Crippen LogP contribution in [0.2, 0.25) is 0 Å². The smallest absolute Gasteiger partial charge is 0.323 e. The largest absolute Gasteiger partial charge is 0.480 e. The molecule has 1 saturated heterocycles. The fourth-order valence-corrected chi connectivity index (χ4v) is 1.60. The molecule has 94 valence electrons. The molecule has 2 N–H and O–H groups in total. The van der Waals surface area contributed by atoms with Gasteiger partial charge in [-0.2, -0.15) is 0 Å². The van der Waals surface area contributed by atoms with E-state index in [4.69, 9.17) is 16.3 Å². The molecule has 1 aliphatic heterocycles. The molecule has 0 aliphatic carbocycles. The van der Waals surface area contributed by atoms with E-state index in [9.17, 15) is 9.59 Å². The molecule has 1 heterocycles. The van der Waals surface area contributed by atoms with Crippen molar-refractivity contribution in [2.24, 2.45) is 0 Å². The van der Waals surface area contributed by atoms with Crippen LogP contribution in [0.5, 0.6) is 0 Å². The maximum Gasteiger partial charge on any atom is 0.323 e. The molecule has 1 fully saturated rings. The van der Waals surface area contributed by atoms with E-state index in [0.717, 1.165) is 4.90 Å². The number of terminal acetylenes is 1. The van der Waals surface area contributed by atoms with Crippen molar-refractivity contribution in [3.63, 3.8) is 0 Å². The second-order valence-electron chi connectivity index (χ2n) is 3.78. The maximum atomic E-state index is 11.8. The number of carboxylic acid groups (broad SMARTS) is 1. The summed E-state index contributed by atoms with van der Waals surface area (Å²) in [4.78, 5) is 23.5. The second kappa shape index (κ2) is 6.89. The number of carboxylic acids is 1. The van der Waals surface area contributed by atoms with Gasteiger partial charge in [-0.1, -0.05) is 5.92 Å². The Morgan fingerprint density at radius 1 is 1.59 bits per heavy atom. The molecular formula is C11H16N2O4. The summed E-state index contributed by atoms with van der Waals surface area (Å²) in [5, 5.41) is 11.8. The minimum absolute atomic E-state index is 0.0126. The highest BCUT2D eigenvalue weighted by atomic mass is 16.5. The second-order valence-corrected chi connectivity index (χ2v) is 3.78. The van der Waals surface area contributed by atoms with Crippen molar-refractivity contribution in [2.75, 3.05) is 32.8 Å². The number of hydrogen-bond donors (Lipinski definition) is 2. The SMILES string of the molecule is C#CCN(CC(=O)O)C(=O)CC1COCCN1. The van der Waals surface area contributed by atoms with Gasteiger partial charge in [0.05, 0.1) is 19.8 Å². The fourth-order valence-electron chi connectivity index (χ4n) is 1.60. The molecule has 6 heteroatoms. The van der Waals surface area contributed by atoms with Crippen LogP contribution >= 0.6 is 0 Å². The number of hydrogen-bond acceptors (Lipinski definition) is 4. The first-order chi connectivity index (χ1) is 8.13. The van der Waals surface area contributed by atoms with E-state index in [1.54, 1.807) is 0 Å². The number of nitrogens with zero attached hydrogens (tertiary/aromatic N) is 1. The summed E-state index contributed by atoms with van der Waals surface area (Å²) >= 11 is 0. The molecule has 6 nitrogen and oxygen atoms in total. The zero-order valence-electron chi connectivity index (χ0n) is 9.52. The molecule has 0 aromatic heterocycles. The first-order valence-corrected chi connectivity index (χ1v) is 5.37. The lowest BCUT2D eigenvalue weighted by Crippen LogP contribution is -2.46. The van der Waals surface area contributed by atoms with Crippen LogP contribution < -0.4 is 5.32 Å². The average Bonchev–Trinajstić information content (AvgIpc) is 2.29. The third-order valence-electron chi connectivity index (χ3n) is 2.38. The Bertz CT molecular complexity index is 318. The van der Waals surface area contributed by atoms with Gasteiger partial charge in [0, 0.05) is 19.0 Å². The number of aliphatic carboxylic acids is 1. The van der Waals surface area contributed by atoms with E-state index in [0.29, 0.717) is 19.8 Å².